The van der Waals surface area contributed by atoms with Crippen molar-refractivity contribution in [1.82, 2.24) is 9.88 Å². The molecule has 1 saturated heterocycles. The van der Waals surface area contributed by atoms with Crippen LogP contribution >= 0.6 is 0 Å². The van der Waals surface area contributed by atoms with Gasteiger partial charge in [0.1, 0.15) is 0 Å². The molecule has 1 fully saturated rings. The monoisotopic (exact) mass is 372 g/mol. The van der Waals surface area contributed by atoms with Gasteiger partial charge in [0.25, 0.3) is 0 Å². The van der Waals surface area contributed by atoms with Crippen LogP contribution in [0.1, 0.15) is 55.5 Å². The van der Waals surface area contributed by atoms with Crippen LogP contribution in [0.3, 0.4) is 0 Å². The minimum Gasteiger partial charge on any atom is -0.478 e. The van der Waals surface area contributed by atoms with E-state index in [0.29, 0.717) is 6.04 Å². The zero-order valence-electron chi connectivity index (χ0n) is 14.7. The minimum absolute atomic E-state index is 0.266. The third-order valence-corrected chi connectivity index (χ3v) is 4.32. The lowest BCUT2D eigenvalue weighted by Crippen LogP contribution is -2.17. The number of carbonyl (C=O) groups is 3. The summed E-state index contributed by atoms with van der Waals surface area (Å²) in [6, 6.07) is 7.60. The van der Waals surface area contributed by atoms with Crippen LogP contribution in [0.5, 0.6) is 0 Å². The number of carboxylic acids is 3. The SMILES string of the molecule is CN1CCCC1c1cccnc1.O=C(O)c1ccc(C(=O)O)c(C(=O)O)c1. The van der Waals surface area contributed by atoms with E-state index in [9.17, 15) is 14.4 Å². The zero-order valence-corrected chi connectivity index (χ0v) is 14.7. The summed E-state index contributed by atoms with van der Waals surface area (Å²) in [7, 11) is 2.19. The van der Waals surface area contributed by atoms with Gasteiger partial charge in [-0.2, -0.15) is 0 Å². The first kappa shape index (κ1) is 20.1. The van der Waals surface area contributed by atoms with Crippen molar-refractivity contribution in [1.29, 1.82) is 0 Å². The average Bonchev–Trinajstić information content (AvgIpc) is 3.08. The summed E-state index contributed by atoms with van der Waals surface area (Å²) in [6.45, 7) is 1.22. The molecule has 8 heteroatoms. The Kier molecular flexibility index (Phi) is 6.62. The molecule has 1 aliphatic rings. The van der Waals surface area contributed by atoms with Gasteiger partial charge in [0.05, 0.1) is 16.7 Å². The Hall–Kier alpha value is -3.26. The lowest BCUT2D eigenvalue weighted by Gasteiger charge is -2.18. The second-order valence-corrected chi connectivity index (χ2v) is 6.10. The van der Waals surface area contributed by atoms with Crippen molar-refractivity contribution in [2.45, 2.75) is 18.9 Å². The van der Waals surface area contributed by atoms with Crippen molar-refractivity contribution >= 4 is 17.9 Å². The van der Waals surface area contributed by atoms with Crippen molar-refractivity contribution in [3.05, 3.63) is 65.0 Å². The van der Waals surface area contributed by atoms with E-state index in [2.05, 4.69) is 23.0 Å². The lowest BCUT2D eigenvalue weighted by atomic mass is 10.0. The number of hydrogen-bond acceptors (Lipinski definition) is 5. The molecule has 0 bridgehead atoms. The van der Waals surface area contributed by atoms with Gasteiger partial charge < -0.3 is 15.3 Å². The van der Waals surface area contributed by atoms with E-state index < -0.39 is 29.0 Å². The van der Waals surface area contributed by atoms with E-state index in [1.54, 1.807) is 0 Å². The van der Waals surface area contributed by atoms with Crippen LogP contribution in [0.15, 0.2) is 42.7 Å². The summed E-state index contributed by atoms with van der Waals surface area (Å²) >= 11 is 0. The number of benzene rings is 1. The molecule has 2 heterocycles. The molecule has 27 heavy (non-hydrogen) atoms. The van der Waals surface area contributed by atoms with Gasteiger partial charge in [0, 0.05) is 18.4 Å². The molecule has 1 atom stereocenters. The standard InChI is InChI=1S/C10H14N2.C9H6O6/c1-12-7-3-5-10(12)9-4-2-6-11-8-9;10-7(11)4-1-2-5(8(12)13)6(3-4)9(14)15/h2,4,6,8,10H,3,5,7H2,1H3;1-3H,(H,10,11)(H,12,13)(H,14,15). The fraction of sp³-hybridized carbons (Fsp3) is 0.263. The van der Waals surface area contributed by atoms with E-state index in [1.165, 1.54) is 24.9 Å². The molecule has 0 spiro atoms. The predicted octanol–water partition coefficient (Wildman–Crippen LogP) is 2.63. The van der Waals surface area contributed by atoms with Crippen molar-refractivity contribution in [2.24, 2.45) is 0 Å². The summed E-state index contributed by atoms with van der Waals surface area (Å²) in [6.07, 6.45) is 6.41. The van der Waals surface area contributed by atoms with E-state index >= 15 is 0 Å². The fourth-order valence-electron chi connectivity index (χ4n) is 2.95. The molecule has 1 unspecified atom stereocenters. The van der Waals surface area contributed by atoms with Gasteiger partial charge in [-0.3, -0.25) is 9.88 Å². The predicted molar refractivity (Wildman–Crippen MR) is 96.2 cm³/mol. The third-order valence-electron chi connectivity index (χ3n) is 4.32. The molecule has 0 amide bonds. The van der Waals surface area contributed by atoms with E-state index in [0.717, 1.165) is 18.2 Å². The second-order valence-electron chi connectivity index (χ2n) is 6.10. The first-order chi connectivity index (χ1) is 12.8. The van der Waals surface area contributed by atoms with Crippen LogP contribution in [-0.2, 0) is 0 Å². The highest BCUT2D eigenvalue weighted by atomic mass is 16.4. The van der Waals surface area contributed by atoms with E-state index in [1.807, 2.05) is 18.5 Å². The van der Waals surface area contributed by atoms with Gasteiger partial charge in [-0.25, -0.2) is 14.4 Å². The molecule has 142 valence electrons. The number of nitrogens with zero attached hydrogens (tertiary/aromatic N) is 2. The van der Waals surface area contributed by atoms with Crippen molar-refractivity contribution in [3.63, 3.8) is 0 Å². The van der Waals surface area contributed by atoms with Crippen LogP contribution in [-0.4, -0.2) is 56.7 Å². The molecule has 3 rings (SSSR count). The van der Waals surface area contributed by atoms with E-state index in [-0.39, 0.29) is 5.56 Å². The van der Waals surface area contributed by atoms with Gasteiger partial charge in [0.15, 0.2) is 0 Å². The molecule has 8 nitrogen and oxygen atoms in total. The molecule has 1 aromatic carbocycles. The Labute approximate surface area is 155 Å². The van der Waals surface area contributed by atoms with Crippen molar-refractivity contribution in [3.8, 4) is 0 Å². The Morgan fingerprint density at radius 2 is 1.74 bits per heavy atom. The Morgan fingerprint density at radius 1 is 1.04 bits per heavy atom. The quantitative estimate of drug-likeness (QED) is 0.747. The molecule has 0 radical (unpaired) electrons. The highest BCUT2D eigenvalue weighted by Gasteiger charge is 2.22. The summed E-state index contributed by atoms with van der Waals surface area (Å²) in [5.74, 6) is -4.20. The largest absolute Gasteiger partial charge is 0.478 e. The number of rotatable bonds is 4. The number of likely N-dealkylation sites (tertiary alicyclic amines) is 1. The van der Waals surface area contributed by atoms with Gasteiger partial charge in [-0.15, -0.1) is 0 Å². The van der Waals surface area contributed by atoms with Gasteiger partial charge in [-0.1, -0.05) is 6.07 Å². The van der Waals surface area contributed by atoms with Crippen LogP contribution in [0.4, 0.5) is 0 Å². The molecule has 3 N–H and O–H groups in total. The zero-order chi connectivity index (χ0) is 20.0. The number of aromatic carboxylic acids is 3. The molecule has 0 aliphatic carbocycles. The van der Waals surface area contributed by atoms with E-state index in [4.69, 9.17) is 15.3 Å². The Bertz CT molecular complexity index is 837. The first-order valence-electron chi connectivity index (χ1n) is 8.25. The lowest BCUT2D eigenvalue weighted by molar-refractivity contribution is 0.0649. The van der Waals surface area contributed by atoms with Crippen LogP contribution in [0, 0.1) is 0 Å². The number of aromatic nitrogens is 1. The van der Waals surface area contributed by atoms with Gasteiger partial charge in [0.2, 0.25) is 0 Å². The third kappa shape index (κ3) is 5.11. The summed E-state index contributed by atoms with van der Waals surface area (Å²) < 4.78 is 0. The fourth-order valence-corrected chi connectivity index (χ4v) is 2.95. The maximum atomic E-state index is 10.6. The van der Waals surface area contributed by atoms with Crippen LogP contribution in [0.2, 0.25) is 0 Å². The Morgan fingerprint density at radius 3 is 2.22 bits per heavy atom. The second kappa shape index (κ2) is 8.91. The smallest absolute Gasteiger partial charge is 0.336 e. The van der Waals surface area contributed by atoms with Crippen LogP contribution < -0.4 is 0 Å². The highest BCUT2D eigenvalue weighted by Crippen LogP contribution is 2.29. The maximum absolute atomic E-state index is 10.6. The number of carboxylic acid groups (broad SMARTS) is 3. The minimum atomic E-state index is -1.48. The van der Waals surface area contributed by atoms with Crippen molar-refractivity contribution in [2.75, 3.05) is 13.6 Å². The number of hydrogen-bond donors (Lipinski definition) is 3. The molecular formula is C19H20N2O6. The van der Waals surface area contributed by atoms with Crippen molar-refractivity contribution < 1.29 is 29.7 Å². The summed E-state index contributed by atoms with van der Waals surface area (Å²) in [5.41, 5.74) is 0.116. The first-order valence-corrected chi connectivity index (χ1v) is 8.25. The molecule has 2 aromatic rings. The van der Waals surface area contributed by atoms with Gasteiger partial charge >= 0.3 is 17.9 Å². The summed E-state index contributed by atoms with van der Waals surface area (Å²) in [5, 5.41) is 25.9. The highest BCUT2D eigenvalue weighted by molar-refractivity contribution is 6.03. The molecule has 1 aromatic heterocycles. The summed E-state index contributed by atoms with van der Waals surface area (Å²) in [4.78, 5) is 38.3. The molecule has 0 saturated carbocycles. The maximum Gasteiger partial charge on any atom is 0.336 e. The Balaban J connectivity index is 0.000000198. The topological polar surface area (TPSA) is 128 Å². The number of pyridine rings is 1. The van der Waals surface area contributed by atoms with Crippen LogP contribution in [0.25, 0.3) is 0 Å². The average molecular weight is 372 g/mol. The molecular weight excluding hydrogens is 352 g/mol. The molecule has 1 aliphatic heterocycles. The normalized spacial score (nSPS) is 16.3. The van der Waals surface area contributed by atoms with Gasteiger partial charge in [-0.05, 0) is 56.3 Å².